The molecule has 4 nitrogen and oxygen atoms in total. The lowest BCUT2D eigenvalue weighted by atomic mass is 10.2. The first-order valence-corrected chi connectivity index (χ1v) is 8.82. The van der Waals surface area contributed by atoms with E-state index in [4.69, 9.17) is 0 Å². The van der Waals surface area contributed by atoms with Crippen molar-refractivity contribution < 1.29 is 14.0 Å². The van der Waals surface area contributed by atoms with E-state index in [9.17, 15) is 14.0 Å². The third-order valence-electron chi connectivity index (χ3n) is 4.31. The van der Waals surface area contributed by atoms with Gasteiger partial charge in [0.25, 0.3) is 0 Å². The van der Waals surface area contributed by atoms with Crippen LogP contribution in [-0.4, -0.2) is 34.7 Å². The molecule has 0 aliphatic carbocycles. The van der Waals surface area contributed by atoms with E-state index in [2.05, 4.69) is 0 Å². The lowest BCUT2D eigenvalue weighted by molar-refractivity contribution is -0.134. The van der Waals surface area contributed by atoms with Crippen LogP contribution in [0.4, 0.5) is 4.39 Å². The Morgan fingerprint density at radius 1 is 0.923 bits per heavy atom. The lowest BCUT2D eigenvalue weighted by Gasteiger charge is -2.25. The lowest BCUT2D eigenvalue weighted by Crippen LogP contribution is -2.36. The molecule has 0 radical (unpaired) electrons. The summed E-state index contributed by atoms with van der Waals surface area (Å²) < 4.78 is 13.8. The van der Waals surface area contributed by atoms with Gasteiger partial charge >= 0.3 is 0 Å². The largest absolute Gasteiger partial charge is 0.339 e. The highest BCUT2D eigenvalue weighted by Crippen LogP contribution is 2.12. The first-order valence-electron chi connectivity index (χ1n) is 8.82. The minimum Gasteiger partial charge on any atom is -0.339 e. The molecule has 26 heavy (non-hydrogen) atoms. The topological polar surface area (TPSA) is 40.6 Å². The van der Waals surface area contributed by atoms with Gasteiger partial charge in [0, 0.05) is 45.1 Å². The van der Waals surface area contributed by atoms with Crippen LogP contribution >= 0.6 is 0 Å². The molecule has 2 rings (SSSR count). The molecule has 0 bridgehead atoms. The molecule has 0 spiro atoms. The van der Waals surface area contributed by atoms with Gasteiger partial charge in [-0.05, 0) is 18.6 Å². The number of carbonyl (C=O) groups excluding carboxylic acids is 2. The highest BCUT2D eigenvalue weighted by Gasteiger charge is 2.17. The summed E-state index contributed by atoms with van der Waals surface area (Å²) in [5.41, 5.74) is 1.52. The van der Waals surface area contributed by atoms with E-state index in [-0.39, 0.29) is 37.1 Å². The van der Waals surface area contributed by atoms with E-state index in [0.29, 0.717) is 18.7 Å². The molecule has 0 heterocycles. The van der Waals surface area contributed by atoms with Gasteiger partial charge in [-0.2, -0.15) is 0 Å². The Morgan fingerprint density at radius 3 is 2.19 bits per heavy atom. The molecule has 5 heteroatoms. The number of benzene rings is 2. The quantitative estimate of drug-likeness (QED) is 0.725. The Hall–Kier alpha value is -2.69. The first-order chi connectivity index (χ1) is 12.5. The molecule has 2 amide bonds. The molecule has 0 aliphatic rings. The van der Waals surface area contributed by atoms with Crippen LogP contribution in [0.3, 0.4) is 0 Å². The van der Waals surface area contributed by atoms with Crippen molar-refractivity contribution in [2.24, 2.45) is 0 Å². The summed E-state index contributed by atoms with van der Waals surface area (Å²) in [6.45, 7) is 4.95. The van der Waals surface area contributed by atoms with Crippen LogP contribution in [-0.2, 0) is 22.7 Å². The Labute approximate surface area is 154 Å². The predicted molar refractivity (Wildman–Crippen MR) is 99.6 cm³/mol. The normalized spacial score (nSPS) is 10.4. The van der Waals surface area contributed by atoms with Gasteiger partial charge in [0.15, 0.2) is 0 Å². The van der Waals surface area contributed by atoms with Crippen molar-refractivity contribution in [2.75, 3.05) is 13.1 Å². The monoisotopic (exact) mass is 356 g/mol. The summed E-state index contributed by atoms with van der Waals surface area (Å²) in [6, 6.07) is 16.2. The number of nitrogens with zero attached hydrogens (tertiary/aromatic N) is 2. The zero-order chi connectivity index (χ0) is 18.9. The molecule has 0 unspecified atom stereocenters. The van der Waals surface area contributed by atoms with Crippen molar-refractivity contribution in [1.82, 2.24) is 9.80 Å². The molecular formula is C21H25FN2O2. The summed E-state index contributed by atoms with van der Waals surface area (Å²) in [7, 11) is 0. The molecule has 0 aliphatic heterocycles. The first kappa shape index (κ1) is 19.6. The molecule has 0 aromatic heterocycles. The molecule has 2 aromatic rings. The summed E-state index contributed by atoms with van der Waals surface area (Å²) in [4.78, 5) is 27.7. The zero-order valence-corrected chi connectivity index (χ0v) is 15.3. The molecular weight excluding hydrogens is 331 g/mol. The Balaban J connectivity index is 1.95. The highest BCUT2D eigenvalue weighted by atomic mass is 19.1. The van der Waals surface area contributed by atoms with Gasteiger partial charge in [0.2, 0.25) is 11.8 Å². The fraction of sp³-hybridized carbons (Fsp3) is 0.333. The van der Waals surface area contributed by atoms with Crippen molar-refractivity contribution in [2.45, 2.75) is 33.4 Å². The second-order valence-electron chi connectivity index (χ2n) is 6.18. The average Bonchev–Trinajstić information content (AvgIpc) is 2.64. The summed E-state index contributed by atoms with van der Waals surface area (Å²) in [5.74, 6) is -0.535. The van der Waals surface area contributed by atoms with E-state index >= 15 is 0 Å². The second-order valence-corrected chi connectivity index (χ2v) is 6.18. The Kier molecular flexibility index (Phi) is 7.33. The molecule has 0 saturated carbocycles. The van der Waals surface area contributed by atoms with Crippen LogP contribution in [0.5, 0.6) is 0 Å². The van der Waals surface area contributed by atoms with Crippen molar-refractivity contribution in [3.63, 3.8) is 0 Å². The van der Waals surface area contributed by atoms with Crippen LogP contribution in [0.2, 0.25) is 0 Å². The van der Waals surface area contributed by atoms with Gasteiger partial charge in [0.1, 0.15) is 5.82 Å². The third kappa shape index (κ3) is 5.69. The van der Waals surface area contributed by atoms with Gasteiger partial charge in [0.05, 0.1) is 0 Å². The minimum absolute atomic E-state index is 0.0175. The maximum Gasteiger partial charge on any atom is 0.224 e. The van der Waals surface area contributed by atoms with Gasteiger partial charge < -0.3 is 9.80 Å². The van der Waals surface area contributed by atoms with Crippen LogP contribution in [0.25, 0.3) is 0 Å². The molecule has 0 saturated heterocycles. The smallest absolute Gasteiger partial charge is 0.224 e. The number of halogens is 1. The Bertz CT molecular complexity index is 734. The fourth-order valence-electron chi connectivity index (χ4n) is 2.75. The van der Waals surface area contributed by atoms with Gasteiger partial charge in [-0.1, -0.05) is 48.5 Å². The molecule has 138 valence electrons. The van der Waals surface area contributed by atoms with E-state index in [0.717, 1.165) is 5.56 Å². The van der Waals surface area contributed by atoms with Crippen molar-refractivity contribution in [1.29, 1.82) is 0 Å². The molecule has 0 fully saturated rings. The van der Waals surface area contributed by atoms with Crippen molar-refractivity contribution in [3.05, 3.63) is 71.5 Å². The number of hydrogen-bond acceptors (Lipinski definition) is 2. The number of carbonyl (C=O) groups is 2. The second kappa shape index (κ2) is 9.70. The van der Waals surface area contributed by atoms with Crippen LogP contribution in [0.15, 0.2) is 54.6 Å². The fourth-order valence-corrected chi connectivity index (χ4v) is 2.75. The van der Waals surface area contributed by atoms with Crippen LogP contribution < -0.4 is 0 Å². The molecule has 0 N–H and O–H groups in total. The Morgan fingerprint density at radius 2 is 1.58 bits per heavy atom. The van der Waals surface area contributed by atoms with Crippen LogP contribution in [0, 0.1) is 5.82 Å². The maximum absolute atomic E-state index is 13.8. The SMILES string of the molecule is CCN(Cc1ccccc1)C(=O)CCN(Cc1ccccc1F)C(C)=O. The van der Waals surface area contributed by atoms with Crippen LogP contribution in [0.1, 0.15) is 31.4 Å². The summed E-state index contributed by atoms with van der Waals surface area (Å²) >= 11 is 0. The average molecular weight is 356 g/mol. The predicted octanol–water partition coefficient (Wildman–Crippen LogP) is 3.61. The zero-order valence-electron chi connectivity index (χ0n) is 15.3. The van der Waals surface area contributed by atoms with E-state index in [1.165, 1.54) is 17.9 Å². The number of rotatable bonds is 8. The van der Waals surface area contributed by atoms with E-state index in [1.807, 2.05) is 37.3 Å². The highest BCUT2D eigenvalue weighted by molar-refractivity contribution is 5.78. The van der Waals surface area contributed by atoms with Gasteiger partial charge in [-0.3, -0.25) is 9.59 Å². The van der Waals surface area contributed by atoms with E-state index in [1.54, 1.807) is 23.1 Å². The van der Waals surface area contributed by atoms with Gasteiger partial charge in [-0.25, -0.2) is 4.39 Å². The number of amides is 2. The van der Waals surface area contributed by atoms with Crippen molar-refractivity contribution in [3.8, 4) is 0 Å². The third-order valence-corrected chi connectivity index (χ3v) is 4.31. The maximum atomic E-state index is 13.8. The molecule has 0 atom stereocenters. The van der Waals surface area contributed by atoms with E-state index < -0.39 is 0 Å². The van der Waals surface area contributed by atoms with Gasteiger partial charge in [-0.15, -0.1) is 0 Å². The summed E-state index contributed by atoms with van der Waals surface area (Å²) in [6.07, 6.45) is 0.217. The molecule has 2 aromatic carbocycles. The minimum atomic E-state index is -0.343. The van der Waals surface area contributed by atoms with Crippen molar-refractivity contribution >= 4 is 11.8 Å². The summed E-state index contributed by atoms with van der Waals surface area (Å²) in [5, 5.41) is 0. The number of hydrogen-bond donors (Lipinski definition) is 0. The standard InChI is InChI=1S/C21H25FN2O2/c1-3-23(15-18-9-5-4-6-10-18)21(26)13-14-24(17(2)25)16-19-11-7-8-12-20(19)22/h4-12H,3,13-16H2,1-2H3.